The van der Waals surface area contributed by atoms with Gasteiger partial charge in [0.05, 0.1) is 18.5 Å². The number of hydrogen-bond donors (Lipinski definition) is 2. The lowest BCUT2D eigenvalue weighted by Gasteiger charge is -2.32. The molecule has 0 aliphatic carbocycles. The van der Waals surface area contributed by atoms with Crippen molar-refractivity contribution in [3.05, 3.63) is 36.0 Å². The van der Waals surface area contributed by atoms with Crippen LogP contribution in [-0.4, -0.2) is 50.7 Å². The van der Waals surface area contributed by atoms with E-state index in [4.69, 9.17) is 9.52 Å². The number of carbonyl (C=O) groups excluding carboxylic acids is 1. The maximum absolute atomic E-state index is 12.3. The number of hydrogen-bond acceptors (Lipinski definition) is 5. The van der Waals surface area contributed by atoms with Crippen LogP contribution in [0.2, 0.25) is 0 Å². The van der Waals surface area contributed by atoms with Crippen LogP contribution in [0.15, 0.2) is 29.0 Å². The minimum Gasteiger partial charge on any atom is -0.467 e. The summed E-state index contributed by atoms with van der Waals surface area (Å²) < 4.78 is 7.03. The third-order valence-corrected chi connectivity index (χ3v) is 4.20. The Bertz CT molecular complexity index is 640. The van der Waals surface area contributed by atoms with Gasteiger partial charge < -0.3 is 19.7 Å². The zero-order chi connectivity index (χ0) is 16.8. The monoisotopic (exact) mass is 333 g/mol. The number of urea groups is 1. The lowest BCUT2D eigenvalue weighted by molar-refractivity contribution is 0.156. The molecule has 0 spiro atoms. The average molecular weight is 333 g/mol. The predicted molar refractivity (Wildman–Crippen MR) is 86.1 cm³/mol. The van der Waals surface area contributed by atoms with E-state index in [-0.39, 0.29) is 12.6 Å². The van der Waals surface area contributed by atoms with Gasteiger partial charge in [-0.15, -0.1) is 5.10 Å². The van der Waals surface area contributed by atoms with E-state index < -0.39 is 0 Å². The van der Waals surface area contributed by atoms with Gasteiger partial charge >= 0.3 is 6.03 Å². The fourth-order valence-electron chi connectivity index (χ4n) is 3.01. The molecule has 24 heavy (non-hydrogen) atoms. The number of nitrogens with zero attached hydrogens (tertiary/aromatic N) is 4. The molecule has 1 aliphatic heterocycles. The number of aliphatic hydroxyl groups is 1. The summed E-state index contributed by atoms with van der Waals surface area (Å²) >= 11 is 0. The third kappa shape index (κ3) is 4.35. The number of amides is 2. The van der Waals surface area contributed by atoms with Crippen LogP contribution in [0.5, 0.6) is 0 Å². The number of rotatable bonds is 6. The fraction of sp³-hybridized carbons (Fsp3) is 0.562. The molecule has 3 rings (SSSR count). The van der Waals surface area contributed by atoms with Crippen molar-refractivity contribution in [3.63, 3.8) is 0 Å². The molecule has 8 heteroatoms. The Morgan fingerprint density at radius 3 is 3.21 bits per heavy atom. The maximum atomic E-state index is 12.3. The summed E-state index contributed by atoms with van der Waals surface area (Å²) in [5.74, 6) is 1.10. The predicted octanol–water partition coefficient (Wildman–Crippen LogP) is 1.03. The van der Waals surface area contributed by atoms with Crippen molar-refractivity contribution in [2.24, 2.45) is 5.92 Å². The quantitative estimate of drug-likeness (QED) is 0.823. The van der Waals surface area contributed by atoms with Crippen LogP contribution in [0.1, 0.15) is 24.3 Å². The molecule has 1 fully saturated rings. The lowest BCUT2D eigenvalue weighted by Crippen LogP contribution is -2.46. The van der Waals surface area contributed by atoms with Gasteiger partial charge in [-0.05, 0) is 30.9 Å². The topological polar surface area (TPSA) is 96.4 Å². The van der Waals surface area contributed by atoms with Crippen LogP contribution in [0.25, 0.3) is 0 Å². The number of piperidine rings is 1. The smallest absolute Gasteiger partial charge is 0.317 e. The van der Waals surface area contributed by atoms with Crippen molar-refractivity contribution in [2.75, 3.05) is 19.7 Å². The van der Waals surface area contributed by atoms with Crippen LogP contribution in [0.4, 0.5) is 4.79 Å². The van der Waals surface area contributed by atoms with E-state index >= 15 is 0 Å². The Labute approximate surface area is 140 Å². The standard InChI is InChI=1S/C16H23N5O3/c22-7-5-14-12-21(19-18-14)11-13-3-1-6-20(10-13)16(23)17-9-15-4-2-8-24-15/h2,4,8,12-13,22H,1,3,5-7,9-11H2,(H,17,23)/t13-/m0/s1. The van der Waals surface area contributed by atoms with Gasteiger partial charge in [-0.1, -0.05) is 5.21 Å². The second kappa shape index (κ2) is 7.96. The summed E-state index contributed by atoms with van der Waals surface area (Å²) in [6.07, 6.45) is 6.04. The van der Waals surface area contributed by atoms with Crippen LogP contribution in [0.3, 0.4) is 0 Å². The van der Waals surface area contributed by atoms with Crippen molar-refractivity contribution in [2.45, 2.75) is 32.4 Å². The number of likely N-dealkylation sites (tertiary alicyclic amines) is 1. The highest BCUT2D eigenvalue weighted by molar-refractivity contribution is 5.74. The Kier molecular flexibility index (Phi) is 5.47. The zero-order valence-electron chi connectivity index (χ0n) is 13.6. The largest absolute Gasteiger partial charge is 0.467 e. The molecule has 1 aliphatic rings. The SMILES string of the molecule is O=C(NCc1ccco1)N1CCC[C@H](Cn2cc(CCO)nn2)C1. The van der Waals surface area contributed by atoms with Crippen LogP contribution in [0, 0.1) is 5.92 Å². The Morgan fingerprint density at radius 2 is 2.42 bits per heavy atom. The van der Waals surface area contributed by atoms with Gasteiger partial charge in [-0.25, -0.2) is 4.79 Å². The second-order valence-corrected chi connectivity index (χ2v) is 6.10. The first-order chi connectivity index (χ1) is 11.7. The van der Waals surface area contributed by atoms with Crippen LogP contribution in [-0.2, 0) is 19.5 Å². The van der Waals surface area contributed by atoms with Crippen LogP contribution < -0.4 is 5.32 Å². The van der Waals surface area contributed by atoms with Gasteiger partial charge in [0.25, 0.3) is 0 Å². The Morgan fingerprint density at radius 1 is 1.50 bits per heavy atom. The Hall–Kier alpha value is -2.35. The minimum atomic E-state index is -0.0596. The van der Waals surface area contributed by atoms with Crippen molar-refractivity contribution >= 4 is 6.03 Å². The highest BCUT2D eigenvalue weighted by Gasteiger charge is 2.24. The van der Waals surface area contributed by atoms with E-state index in [1.807, 2.05) is 23.2 Å². The van der Waals surface area contributed by atoms with Gasteiger partial charge in [0, 0.05) is 38.9 Å². The molecular weight excluding hydrogens is 310 g/mol. The van der Waals surface area contributed by atoms with Gasteiger partial charge in [0.2, 0.25) is 0 Å². The van der Waals surface area contributed by atoms with Gasteiger partial charge in [-0.2, -0.15) is 0 Å². The van der Waals surface area contributed by atoms with Crippen molar-refractivity contribution < 1.29 is 14.3 Å². The van der Waals surface area contributed by atoms with Crippen molar-refractivity contribution in [1.82, 2.24) is 25.2 Å². The number of nitrogens with one attached hydrogen (secondary N) is 1. The molecule has 2 aromatic heterocycles. The third-order valence-electron chi connectivity index (χ3n) is 4.20. The first kappa shape index (κ1) is 16.5. The minimum absolute atomic E-state index is 0.0596. The first-order valence-corrected chi connectivity index (χ1v) is 8.29. The highest BCUT2D eigenvalue weighted by atomic mass is 16.3. The molecule has 0 saturated carbocycles. The van der Waals surface area contributed by atoms with E-state index in [2.05, 4.69) is 15.6 Å². The van der Waals surface area contributed by atoms with E-state index in [1.54, 1.807) is 10.9 Å². The number of furan rings is 1. The second-order valence-electron chi connectivity index (χ2n) is 6.10. The number of aromatic nitrogens is 3. The molecular formula is C16H23N5O3. The number of carbonyl (C=O) groups is 1. The molecule has 0 bridgehead atoms. The summed E-state index contributed by atoms with van der Waals surface area (Å²) in [6.45, 7) is 2.69. The van der Waals surface area contributed by atoms with E-state index in [0.29, 0.717) is 25.4 Å². The highest BCUT2D eigenvalue weighted by Crippen LogP contribution is 2.18. The lowest BCUT2D eigenvalue weighted by atomic mass is 9.98. The molecule has 8 nitrogen and oxygen atoms in total. The molecule has 2 aromatic rings. The molecule has 1 saturated heterocycles. The molecule has 3 heterocycles. The molecule has 2 N–H and O–H groups in total. The summed E-state index contributed by atoms with van der Waals surface area (Å²) in [4.78, 5) is 14.1. The van der Waals surface area contributed by atoms with Crippen molar-refractivity contribution in [3.8, 4) is 0 Å². The van der Waals surface area contributed by atoms with Crippen LogP contribution >= 0.6 is 0 Å². The summed E-state index contributed by atoms with van der Waals surface area (Å²) in [7, 11) is 0. The zero-order valence-corrected chi connectivity index (χ0v) is 13.6. The Balaban J connectivity index is 1.48. The number of aliphatic hydroxyl groups excluding tert-OH is 1. The summed E-state index contributed by atoms with van der Waals surface area (Å²) in [5, 5.41) is 19.9. The van der Waals surface area contributed by atoms with Crippen molar-refractivity contribution in [1.29, 1.82) is 0 Å². The van der Waals surface area contributed by atoms with Gasteiger partial charge in [0.15, 0.2) is 0 Å². The molecule has 1 atom stereocenters. The average Bonchev–Trinajstić information content (AvgIpc) is 3.25. The molecule has 2 amide bonds. The summed E-state index contributed by atoms with van der Waals surface area (Å²) in [5.41, 5.74) is 0.793. The van der Waals surface area contributed by atoms with E-state index in [1.165, 1.54) is 0 Å². The van der Waals surface area contributed by atoms with Gasteiger partial charge in [-0.3, -0.25) is 4.68 Å². The molecule has 0 radical (unpaired) electrons. The van der Waals surface area contributed by atoms with E-state index in [9.17, 15) is 4.79 Å². The summed E-state index contributed by atoms with van der Waals surface area (Å²) in [6, 6.07) is 3.59. The molecule has 0 aromatic carbocycles. The van der Waals surface area contributed by atoms with E-state index in [0.717, 1.165) is 37.4 Å². The molecule has 0 unspecified atom stereocenters. The fourth-order valence-corrected chi connectivity index (χ4v) is 3.01. The maximum Gasteiger partial charge on any atom is 0.317 e. The molecule has 130 valence electrons. The van der Waals surface area contributed by atoms with Gasteiger partial charge in [0.1, 0.15) is 5.76 Å². The normalized spacial score (nSPS) is 17.9. The first-order valence-electron chi connectivity index (χ1n) is 8.29.